The Morgan fingerprint density at radius 3 is 2.52 bits per heavy atom. The molecule has 1 aromatic carbocycles. The van der Waals surface area contributed by atoms with Crippen LogP contribution in [0.3, 0.4) is 0 Å². The van der Waals surface area contributed by atoms with Gasteiger partial charge in [-0.05, 0) is 48.3 Å². The lowest BCUT2D eigenvalue weighted by Gasteiger charge is -2.22. The lowest BCUT2D eigenvalue weighted by molar-refractivity contribution is 0.351. The summed E-state index contributed by atoms with van der Waals surface area (Å²) in [5.41, 5.74) is 5.42. The molecule has 0 spiro atoms. The van der Waals surface area contributed by atoms with E-state index in [1.165, 1.54) is 41.7 Å². The summed E-state index contributed by atoms with van der Waals surface area (Å²) in [6, 6.07) is 9.72. The van der Waals surface area contributed by atoms with Crippen LogP contribution < -0.4 is 0 Å². The van der Waals surface area contributed by atoms with Crippen molar-refractivity contribution in [1.29, 1.82) is 0 Å². The van der Waals surface area contributed by atoms with Crippen LogP contribution in [-0.4, -0.2) is 18.0 Å². The molecule has 2 aliphatic rings. The Balaban J connectivity index is 1.69. The van der Waals surface area contributed by atoms with Crippen LogP contribution in [0.25, 0.3) is 5.57 Å². The monoisotopic (exact) mass is 279 g/mol. The van der Waals surface area contributed by atoms with Gasteiger partial charge in [0.1, 0.15) is 0 Å². The van der Waals surface area contributed by atoms with Gasteiger partial charge in [-0.15, -0.1) is 0 Å². The molecule has 2 atom stereocenters. The molecule has 0 saturated carbocycles. The van der Waals surface area contributed by atoms with E-state index in [1.807, 2.05) is 0 Å². The van der Waals surface area contributed by atoms with Crippen molar-refractivity contribution in [2.45, 2.75) is 38.6 Å². The lowest BCUT2D eigenvalue weighted by Crippen LogP contribution is -2.25. The molecule has 1 fully saturated rings. The summed E-state index contributed by atoms with van der Waals surface area (Å²) < 4.78 is 0. The van der Waals surface area contributed by atoms with Crippen LogP contribution in [0.1, 0.15) is 37.3 Å². The molecular formula is C20H25N. The van der Waals surface area contributed by atoms with Gasteiger partial charge in [-0.2, -0.15) is 0 Å². The molecule has 1 heteroatoms. The van der Waals surface area contributed by atoms with Crippen molar-refractivity contribution in [3.8, 4) is 0 Å². The minimum atomic E-state index is 0.604. The number of hydrogen-bond donors (Lipinski definition) is 0. The Morgan fingerprint density at radius 2 is 1.95 bits per heavy atom. The van der Waals surface area contributed by atoms with E-state index >= 15 is 0 Å². The molecule has 1 aliphatic heterocycles. The molecule has 0 N–H and O–H groups in total. The highest BCUT2D eigenvalue weighted by Gasteiger charge is 2.29. The third-order valence-electron chi connectivity index (χ3n) is 4.95. The molecule has 21 heavy (non-hydrogen) atoms. The molecule has 1 aliphatic carbocycles. The highest BCUT2D eigenvalue weighted by molar-refractivity contribution is 5.74. The standard InChI is InChI=1S/C20H25N/c1-15-13-20(21(3)16(15)2)14-17-9-11-19(12-10-17)18-7-5-4-6-8-18/h5,7-12,15,20H,2,4,6,13-14H2,1,3H3. The van der Waals surface area contributed by atoms with Gasteiger partial charge < -0.3 is 4.90 Å². The van der Waals surface area contributed by atoms with Crippen LogP contribution in [0.2, 0.25) is 0 Å². The Labute approximate surface area is 128 Å². The van der Waals surface area contributed by atoms with Crippen LogP contribution >= 0.6 is 0 Å². The van der Waals surface area contributed by atoms with Crippen LogP contribution in [0.5, 0.6) is 0 Å². The zero-order chi connectivity index (χ0) is 14.8. The normalized spacial score (nSPS) is 25.3. The highest BCUT2D eigenvalue weighted by atomic mass is 15.2. The number of rotatable bonds is 3. The fraction of sp³-hybridized carbons (Fsp3) is 0.400. The minimum absolute atomic E-state index is 0.604. The van der Waals surface area contributed by atoms with Gasteiger partial charge in [-0.3, -0.25) is 0 Å². The van der Waals surface area contributed by atoms with Crippen LogP contribution in [0, 0.1) is 5.92 Å². The summed E-state index contributed by atoms with van der Waals surface area (Å²) >= 11 is 0. The number of hydrogen-bond acceptors (Lipinski definition) is 1. The molecule has 0 radical (unpaired) electrons. The van der Waals surface area contributed by atoms with Gasteiger partial charge in [0.25, 0.3) is 0 Å². The lowest BCUT2D eigenvalue weighted by atomic mass is 9.96. The summed E-state index contributed by atoms with van der Waals surface area (Å²) in [4.78, 5) is 2.37. The predicted molar refractivity (Wildman–Crippen MR) is 91.0 cm³/mol. The van der Waals surface area contributed by atoms with E-state index in [0.717, 1.165) is 6.42 Å². The first-order valence-corrected chi connectivity index (χ1v) is 8.03. The molecule has 110 valence electrons. The third kappa shape index (κ3) is 2.97. The fourth-order valence-corrected chi connectivity index (χ4v) is 3.44. The number of allylic oxidation sites excluding steroid dienone is 5. The SMILES string of the molecule is C=C1C(C)CC(Cc2ccc(C3=CCCC=C3)cc2)N1C. The van der Waals surface area contributed by atoms with E-state index in [4.69, 9.17) is 0 Å². The quantitative estimate of drug-likeness (QED) is 0.767. The van der Waals surface area contributed by atoms with Crippen molar-refractivity contribution in [2.75, 3.05) is 7.05 Å². The summed E-state index contributed by atoms with van der Waals surface area (Å²) in [7, 11) is 2.18. The summed E-state index contributed by atoms with van der Waals surface area (Å²) in [5.74, 6) is 0.622. The average molecular weight is 279 g/mol. The van der Waals surface area contributed by atoms with E-state index in [0.29, 0.717) is 12.0 Å². The van der Waals surface area contributed by atoms with Gasteiger partial charge in [-0.25, -0.2) is 0 Å². The first-order valence-electron chi connectivity index (χ1n) is 8.03. The van der Waals surface area contributed by atoms with Gasteiger partial charge >= 0.3 is 0 Å². The van der Waals surface area contributed by atoms with Crippen molar-refractivity contribution in [2.24, 2.45) is 5.92 Å². The van der Waals surface area contributed by atoms with Crippen molar-refractivity contribution >= 4 is 5.57 Å². The van der Waals surface area contributed by atoms with Crippen molar-refractivity contribution < 1.29 is 0 Å². The smallest absolute Gasteiger partial charge is 0.0330 e. The second-order valence-corrected chi connectivity index (χ2v) is 6.43. The molecule has 1 aromatic rings. The molecule has 3 rings (SSSR count). The van der Waals surface area contributed by atoms with E-state index in [9.17, 15) is 0 Å². The molecular weight excluding hydrogens is 254 g/mol. The number of benzene rings is 1. The maximum absolute atomic E-state index is 4.19. The van der Waals surface area contributed by atoms with E-state index in [2.05, 4.69) is 67.9 Å². The maximum Gasteiger partial charge on any atom is 0.0330 e. The summed E-state index contributed by atoms with van der Waals surface area (Å²) in [6.07, 6.45) is 11.5. The summed E-state index contributed by atoms with van der Waals surface area (Å²) in [5, 5.41) is 0. The average Bonchev–Trinajstić information content (AvgIpc) is 2.76. The van der Waals surface area contributed by atoms with E-state index in [1.54, 1.807) is 0 Å². The minimum Gasteiger partial charge on any atom is -0.375 e. The molecule has 0 aromatic heterocycles. The van der Waals surface area contributed by atoms with Gasteiger partial charge in [-0.1, -0.05) is 56.0 Å². The molecule has 0 amide bonds. The largest absolute Gasteiger partial charge is 0.375 e. The van der Waals surface area contributed by atoms with Gasteiger partial charge in [0.2, 0.25) is 0 Å². The maximum atomic E-state index is 4.19. The molecule has 0 bridgehead atoms. The zero-order valence-electron chi connectivity index (χ0n) is 13.2. The van der Waals surface area contributed by atoms with Gasteiger partial charge in [0, 0.05) is 18.8 Å². The molecule has 1 saturated heterocycles. The first kappa shape index (κ1) is 14.2. The van der Waals surface area contributed by atoms with Gasteiger partial charge in [0.05, 0.1) is 0 Å². The van der Waals surface area contributed by atoms with Crippen LogP contribution in [0.4, 0.5) is 0 Å². The molecule has 1 nitrogen and oxygen atoms in total. The van der Waals surface area contributed by atoms with Crippen LogP contribution in [-0.2, 0) is 6.42 Å². The van der Waals surface area contributed by atoms with E-state index < -0.39 is 0 Å². The zero-order valence-corrected chi connectivity index (χ0v) is 13.2. The van der Waals surface area contributed by atoms with Gasteiger partial charge in [0.15, 0.2) is 0 Å². The summed E-state index contributed by atoms with van der Waals surface area (Å²) in [6.45, 7) is 6.48. The number of likely N-dealkylation sites (N-methyl/N-ethyl adjacent to an activating group) is 1. The van der Waals surface area contributed by atoms with Crippen molar-refractivity contribution in [3.63, 3.8) is 0 Å². The third-order valence-corrected chi connectivity index (χ3v) is 4.95. The highest BCUT2D eigenvalue weighted by Crippen LogP contribution is 2.32. The Kier molecular flexibility index (Phi) is 4.01. The Morgan fingerprint density at radius 1 is 1.19 bits per heavy atom. The van der Waals surface area contributed by atoms with Crippen molar-refractivity contribution in [1.82, 2.24) is 4.90 Å². The second-order valence-electron chi connectivity index (χ2n) is 6.43. The fourth-order valence-electron chi connectivity index (χ4n) is 3.44. The number of likely N-dealkylation sites (tertiary alicyclic amines) is 1. The van der Waals surface area contributed by atoms with E-state index in [-0.39, 0.29) is 0 Å². The first-order chi connectivity index (χ1) is 10.1. The van der Waals surface area contributed by atoms with Crippen molar-refractivity contribution in [3.05, 3.63) is 65.9 Å². The van der Waals surface area contributed by atoms with Crippen LogP contribution in [0.15, 0.2) is 54.8 Å². The topological polar surface area (TPSA) is 3.24 Å². The molecule has 1 heterocycles. The number of nitrogens with zero attached hydrogens (tertiary/aromatic N) is 1. The second kappa shape index (κ2) is 5.93. The Bertz CT molecular complexity index is 576. The molecule has 2 unspecified atom stereocenters. The predicted octanol–water partition coefficient (Wildman–Crippen LogP) is 4.82. The Hall–Kier alpha value is -1.76.